The van der Waals surface area contributed by atoms with Crippen molar-refractivity contribution >= 4 is 11.7 Å². The third-order valence-corrected chi connectivity index (χ3v) is 2.82. The van der Waals surface area contributed by atoms with Gasteiger partial charge in [0.05, 0.1) is 46.2 Å². The van der Waals surface area contributed by atoms with Crippen LogP contribution in [0.1, 0.15) is 34.5 Å². The number of carbonyl (C=O) groups excluding carboxylic acids is 2. The van der Waals surface area contributed by atoms with E-state index in [1.54, 1.807) is 0 Å². The van der Waals surface area contributed by atoms with E-state index in [0.29, 0.717) is 65.6 Å². The van der Waals surface area contributed by atoms with Gasteiger partial charge in [0.2, 0.25) is 5.91 Å². The lowest BCUT2D eigenvalue weighted by Gasteiger charge is -2.08. The lowest BCUT2D eigenvalue weighted by Crippen LogP contribution is -2.27. The van der Waals surface area contributed by atoms with Crippen molar-refractivity contribution in [3.8, 4) is 0 Å². The van der Waals surface area contributed by atoms with Gasteiger partial charge in [0.1, 0.15) is 6.61 Å². The smallest absolute Gasteiger partial charge is 0.220 e. The molecule has 0 aliphatic heterocycles. The quantitative estimate of drug-likeness (QED) is 0.402. The van der Waals surface area contributed by atoms with E-state index in [1.165, 1.54) is 0 Å². The van der Waals surface area contributed by atoms with E-state index >= 15 is 0 Å². The highest BCUT2D eigenvalue weighted by molar-refractivity contribution is 5.79. The van der Waals surface area contributed by atoms with Crippen LogP contribution in [-0.2, 0) is 28.5 Å². The molecule has 0 spiro atoms. The average molecular weight is 335 g/mol. The number of rotatable bonds is 17. The Balaban J connectivity index is 0. The maximum Gasteiger partial charge on any atom is 0.220 e. The van der Waals surface area contributed by atoms with Crippen molar-refractivity contribution in [2.75, 3.05) is 59.4 Å². The Bertz CT molecular complexity index is 304. The number of amides is 1. The first-order chi connectivity index (χ1) is 11.2. The summed E-state index contributed by atoms with van der Waals surface area (Å²) in [6.07, 6.45) is 1.91. The van der Waals surface area contributed by atoms with Crippen molar-refractivity contribution in [3.05, 3.63) is 0 Å². The van der Waals surface area contributed by atoms with Crippen molar-refractivity contribution in [1.82, 2.24) is 5.32 Å². The minimum atomic E-state index is 0. The largest absolute Gasteiger partial charge is 0.377 e. The van der Waals surface area contributed by atoms with Gasteiger partial charge in [-0.1, -0.05) is 13.8 Å². The summed E-state index contributed by atoms with van der Waals surface area (Å²) in [5.41, 5.74) is 0. The second kappa shape index (κ2) is 17.3. The topological polar surface area (TPSA) is 83.1 Å². The summed E-state index contributed by atoms with van der Waals surface area (Å²) in [7, 11) is 0. The van der Waals surface area contributed by atoms with Gasteiger partial charge in [-0.3, -0.25) is 9.59 Å². The first-order valence-corrected chi connectivity index (χ1v) is 8.30. The highest BCUT2D eigenvalue weighted by Gasteiger charge is 1.98. The van der Waals surface area contributed by atoms with Crippen LogP contribution in [0.15, 0.2) is 0 Å². The van der Waals surface area contributed by atoms with Crippen molar-refractivity contribution in [2.24, 2.45) is 0 Å². The third kappa shape index (κ3) is 17.2. The Morgan fingerprint density at radius 1 is 0.826 bits per heavy atom. The van der Waals surface area contributed by atoms with Gasteiger partial charge in [0, 0.05) is 20.8 Å². The maximum atomic E-state index is 11.2. The lowest BCUT2D eigenvalue weighted by molar-refractivity contribution is -0.124. The first kappa shape index (κ1) is 22.0. The predicted octanol–water partition coefficient (Wildman–Crippen LogP) is 1.19. The van der Waals surface area contributed by atoms with Crippen molar-refractivity contribution in [2.45, 2.75) is 33.1 Å². The van der Waals surface area contributed by atoms with Gasteiger partial charge < -0.3 is 24.3 Å². The zero-order chi connectivity index (χ0) is 17.2. The molecule has 0 aromatic rings. The van der Waals surface area contributed by atoms with E-state index in [0.717, 1.165) is 6.42 Å². The van der Waals surface area contributed by atoms with Crippen LogP contribution in [0.5, 0.6) is 0 Å². The van der Waals surface area contributed by atoms with Crippen LogP contribution in [0, 0.1) is 0 Å². The number of Topliss-reactive ketones (excluding diaryl/α,β-unsaturated/α-hetero) is 1. The van der Waals surface area contributed by atoms with Crippen LogP contribution in [0.3, 0.4) is 0 Å². The zero-order valence-electron chi connectivity index (χ0n) is 14.4. The fraction of sp³-hybridized carbons (Fsp3) is 0.875. The molecular weight excluding hydrogens is 302 g/mol. The number of hydrogen-bond donors (Lipinski definition) is 1. The Morgan fingerprint density at radius 3 is 1.87 bits per heavy atom. The normalized spacial score (nSPS) is 10.7. The molecule has 0 fully saturated rings. The summed E-state index contributed by atoms with van der Waals surface area (Å²) in [4.78, 5) is 22.1. The van der Waals surface area contributed by atoms with E-state index in [1.807, 2.05) is 13.8 Å². The Kier molecular flexibility index (Phi) is 16.6. The van der Waals surface area contributed by atoms with Crippen molar-refractivity contribution in [3.63, 3.8) is 0 Å². The molecule has 138 valence electrons. The van der Waals surface area contributed by atoms with Crippen LogP contribution in [-0.4, -0.2) is 71.1 Å². The highest BCUT2D eigenvalue weighted by atomic mass is 16.6. The van der Waals surface area contributed by atoms with Crippen LogP contribution >= 0.6 is 0 Å². The van der Waals surface area contributed by atoms with E-state index in [-0.39, 0.29) is 19.7 Å². The molecule has 0 heterocycles. The number of ether oxygens (including phenoxy) is 4. The van der Waals surface area contributed by atoms with Crippen molar-refractivity contribution in [1.29, 1.82) is 0 Å². The van der Waals surface area contributed by atoms with Gasteiger partial charge in [-0.15, -0.1) is 0 Å². The number of carbonyl (C=O) groups is 2. The summed E-state index contributed by atoms with van der Waals surface area (Å²) >= 11 is 0. The second-order valence-corrected chi connectivity index (χ2v) is 4.88. The van der Waals surface area contributed by atoms with Crippen LogP contribution in [0.25, 0.3) is 0 Å². The molecule has 7 nitrogen and oxygen atoms in total. The summed E-state index contributed by atoms with van der Waals surface area (Å²) in [6.45, 7) is 7.79. The molecular formula is C16H33NO6. The Hall–Kier alpha value is -1.02. The Morgan fingerprint density at radius 2 is 1.35 bits per heavy atom. The second-order valence-electron chi connectivity index (χ2n) is 4.88. The molecule has 0 aromatic carbocycles. The van der Waals surface area contributed by atoms with Gasteiger partial charge >= 0.3 is 0 Å². The molecule has 0 aromatic heterocycles. The molecule has 0 aliphatic rings. The van der Waals surface area contributed by atoms with E-state index in [2.05, 4.69) is 5.32 Å². The fourth-order valence-corrected chi connectivity index (χ4v) is 1.53. The molecule has 0 unspecified atom stereocenters. The minimum Gasteiger partial charge on any atom is -0.377 e. The standard InChI is InChI=1S/C16H31NO6.H2/c1-3-5-16(19)17-6-7-20-8-9-21-10-11-22-12-13-23-14-15(18)4-2;/h3-14H2,1-2H3,(H,17,19);1H. The first-order valence-electron chi connectivity index (χ1n) is 8.30. The SMILES string of the molecule is CCCC(=O)NCCOCCOCCOCCOCC(=O)CC.[HH]. The average Bonchev–Trinajstić information content (AvgIpc) is 2.55. The monoisotopic (exact) mass is 335 g/mol. The molecule has 1 amide bonds. The van der Waals surface area contributed by atoms with Gasteiger partial charge in [-0.2, -0.15) is 0 Å². The summed E-state index contributed by atoms with van der Waals surface area (Å²) in [5.74, 6) is 0.158. The number of ketones is 1. The molecule has 1 N–H and O–H groups in total. The molecule has 7 heteroatoms. The number of hydrogen-bond acceptors (Lipinski definition) is 6. The molecule has 0 rings (SSSR count). The molecule has 0 saturated carbocycles. The lowest BCUT2D eigenvalue weighted by atomic mass is 10.3. The maximum absolute atomic E-state index is 11.2. The molecule has 0 bridgehead atoms. The minimum absolute atomic E-state index is 0. The predicted molar refractivity (Wildman–Crippen MR) is 88.6 cm³/mol. The van der Waals surface area contributed by atoms with E-state index < -0.39 is 0 Å². The highest BCUT2D eigenvalue weighted by Crippen LogP contribution is 1.86. The zero-order valence-corrected chi connectivity index (χ0v) is 14.4. The van der Waals surface area contributed by atoms with Crippen LogP contribution in [0.4, 0.5) is 0 Å². The molecule has 0 radical (unpaired) electrons. The van der Waals surface area contributed by atoms with E-state index in [4.69, 9.17) is 18.9 Å². The number of nitrogens with one attached hydrogen (secondary N) is 1. The molecule has 0 aliphatic carbocycles. The van der Waals surface area contributed by atoms with Gasteiger partial charge in [-0.25, -0.2) is 0 Å². The Labute approximate surface area is 140 Å². The van der Waals surface area contributed by atoms with Crippen LogP contribution < -0.4 is 5.32 Å². The van der Waals surface area contributed by atoms with Crippen molar-refractivity contribution < 1.29 is 30.0 Å². The van der Waals surface area contributed by atoms with E-state index in [9.17, 15) is 9.59 Å². The summed E-state index contributed by atoms with van der Waals surface area (Å²) in [5, 5.41) is 2.77. The molecule has 0 atom stereocenters. The van der Waals surface area contributed by atoms with Gasteiger partial charge in [0.15, 0.2) is 5.78 Å². The van der Waals surface area contributed by atoms with Gasteiger partial charge in [-0.05, 0) is 6.42 Å². The summed E-state index contributed by atoms with van der Waals surface area (Å²) < 4.78 is 21.1. The third-order valence-electron chi connectivity index (χ3n) is 2.82. The molecule has 23 heavy (non-hydrogen) atoms. The fourth-order valence-electron chi connectivity index (χ4n) is 1.53. The molecule has 0 saturated heterocycles. The van der Waals surface area contributed by atoms with Gasteiger partial charge in [0.25, 0.3) is 0 Å². The summed E-state index contributed by atoms with van der Waals surface area (Å²) in [6, 6.07) is 0. The van der Waals surface area contributed by atoms with Crippen LogP contribution in [0.2, 0.25) is 0 Å².